The zero-order chi connectivity index (χ0) is 20.8. The smallest absolute Gasteiger partial charge is 0.230 e. The fourth-order valence-corrected chi connectivity index (χ4v) is 3.51. The van der Waals surface area contributed by atoms with E-state index in [1.807, 2.05) is 61.0 Å². The van der Waals surface area contributed by atoms with Crippen molar-refractivity contribution in [3.63, 3.8) is 0 Å². The van der Waals surface area contributed by atoms with E-state index in [0.717, 1.165) is 17.0 Å². The van der Waals surface area contributed by atoms with Crippen LogP contribution in [0.3, 0.4) is 0 Å². The van der Waals surface area contributed by atoms with Gasteiger partial charge in [0.05, 0.1) is 20.0 Å². The molecule has 3 aromatic rings. The van der Waals surface area contributed by atoms with Gasteiger partial charge in [-0.25, -0.2) is 0 Å². The molecule has 3 rings (SSSR count). The van der Waals surface area contributed by atoms with Crippen LogP contribution in [-0.2, 0) is 18.4 Å². The molecule has 0 radical (unpaired) electrons. The van der Waals surface area contributed by atoms with E-state index in [1.165, 1.54) is 17.3 Å². The molecule has 0 fully saturated rings. The summed E-state index contributed by atoms with van der Waals surface area (Å²) < 4.78 is 12.4. The van der Waals surface area contributed by atoms with Crippen LogP contribution in [0.5, 0.6) is 11.5 Å². The van der Waals surface area contributed by atoms with Gasteiger partial charge in [0.1, 0.15) is 0 Å². The van der Waals surface area contributed by atoms with E-state index in [9.17, 15) is 4.79 Å². The highest BCUT2D eigenvalue weighted by molar-refractivity contribution is 7.99. The molecule has 152 valence electrons. The van der Waals surface area contributed by atoms with Crippen LogP contribution < -0.4 is 14.8 Å². The zero-order valence-electron chi connectivity index (χ0n) is 16.9. The number of carbonyl (C=O) groups excluding carboxylic acids is 1. The largest absolute Gasteiger partial charge is 0.493 e. The van der Waals surface area contributed by atoms with Gasteiger partial charge < -0.3 is 19.4 Å². The molecule has 1 heterocycles. The first kappa shape index (κ1) is 20.7. The molecule has 2 aromatic carbocycles. The quantitative estimate of drug-likeness (QED) is 0.573. The molecule has 0 spiro atoms. The Kier molecular flexibility index (Phi) is 6.77. The van der Waals surface area contributed by atoms with Gasteiger partial charge in [-0.3, -0.25) is 4.79 Å². The van der Waals surface area contributed by atoms with E-state index in [2.05, 4.69) is 15.5 Å². The minimum Gasteiger partial charge on any atom is -0.493 e. The minimum absolute atomic E-state index is 0.0790. The molecular formula is C21H24N4O3S. The number of hydrogen-bond acceptors (Lipinski definition) is 6. The van der Waals surface area contributed by atoms with Gasteiger partial charge in [0.25, 0.3) is 0 Å². The molecule has 0 unspecified atom stereocenters. The molecule has 29 heavy (non-hydrogen) atoms. The first-order chi connectivity index (χ1) is 14.0. The van der Waals surface area contributed by atoms with Crippen LogP contribution in [0.1, 0.15) is 11.1 Å². The predicted molar refractivity (Wildman–Crippen MR) is 113 cm³/mol. The Morgan fingerprint density at radius 2 is 1.79 bits per heavy atom. The molecule has 0 aliphatic carbocycles. The van der Waals surface area contributed by atoms with E-state index in [-0.39, 0.29) is 11.7 Å². The SMILES string of the molecule is COc1ccc(CNC(=O)CSc2nnc(-c3ccc(C)cc3)n2C)cc1OC. The maximum Gasteiger partial charge on any atom is 0.230 e. The van der Waals surface area contributed by atoms with Crippen LogP contribution in [-0.4, -0.2) is 40.6 Å². The average Bonchev–Trinajstić information content (AvgIpc) is 3.11. The van der Waals surface area contributed by atoms with Crippen molar-refractivity contribution in [3.8, 4) is 22.9 Å². The third-order valence-electron chi connectivity index (χ3n) is 4.41. The Hall–Kier alpha value is -3.00. The molecule has 7 nitrogen and oxygen atoms in total. The van der Waals surface area contributed by atoms with Crippen molar-refractivity contribution in [1.82, 2.24) is 20.1 Å². The number of carbonyl (C=O) groups is 1. The lowest BCUT2D eigenvalue weighted by atomic mass is 10.1. The second-order valence-electron chi connectivity index (χ2n) is 6.49. The average molecular weight is 413 g/mol. The highest BCUT2D eigenvalue weighted by Crippen LogP contribution is 2.27. The van der Waals surface area contributed by atoms with E-state index in [0.29, 0.717) is 23.2 Å². The van der Waals surface area contributed by atoms with Crippen LogP contribution in [0.4, 0.5) is 0 Å². The first-order valence-corrected chi connectivity index (χ1v) is 10.1. The Bertz CT molecular complexity index is 986. The molecule has 8 heteroatoms. The number of nitrogens with zero attached hydrogens (tertiary/aromatic N) is 3. The number of thioether (sulfide) groups is 1. The van der Waals surface area contributed by atoms with Crippen molar-refractivity contribution in [1.29, 1.82) is 0 Å². The van der Waals surface area contributed by atoms with Crippen LogP contribution in [0.25, 0.3) is 11.4 Å². The van der Waals surface area contributed by atoms with Crippen molar-refractivity contribution in [3.05, 3.63) is 53.6 Å². The zero-order valence-corrected chi connectivity index (χ0v) is 17.7. The fourth-order valence-electron chi connectivity index (χ4n) is 2.77. The van der Waals surface area contributed by atoms with Gasteiger partial charge in [-0.15, -0.1) is 10.2 Å². The van der Waals surface area contributed by atoms with Crippen molar-refractivity contribution < 1.29 is 14.3 Å². The molecule has 1 N–H and O–H groups in total. The minimum atomic E-state index is -0.0790. The monoisotopic (exact) mass is 412 g/mol. The molecule has 0 saturated heterocycles. The summed E-state index contributed by atoms with van der Waals surface area (Å²) in [6.45, 7) is 2.45. The summed E-state index contributed by atoms with van der Waals surface area (Å²) in [6, 6.07) is 13.7. The van der Waals surface area contributed by atoms with Crippen molar-refractivity contribution in [2.45, 2.75) is 18.6 Å². The summed E-state index contributed by atoms with van der Waals surface area (Å²) in [6.07, 6.45) is 0. The van der Waals surface area contributed by atoms with E-state index in [1.54, 1.807) is 14.2 Å². The molecule has 1 aromatic heterocycles. The Balaban J connectivity index is 1.55. The highest BCUT2D eigenvalue weighted by atomic mass is 32.2. The molecular weight excluding hydrogens is 388 g/mol. The number of nitrogens with one attached hydrogen (secondary N) is 1. The summed E-state index contributed by atoms with van der Waals surface area (Å²) in [7, 11) is 5.08. The lowest BCUT2D eigenvalue weighted by Gasteiger charge is -2.10. The Morgan fingerprint density at radius 1 is 1.07 bits per heavy atom. The van der Waals surface area contributed by atoms with Gasteiger partial charge in [0.15, 0.2) is 22.5 Å². The number of methoxy groups -OCH3 is 2. The van der Waals surface area contributed by atoms with Gasteiger partial charge in [-0.1, -0.05) is 47.7 Å². The van der Waals surface area contributed by atoms with Crippen LogP contribution in [0, 0.1) is 6.92 Å². The molecule has 1 amide bonds. The number of hydrogen-bond donors (Lipinski definition) is 1. The van der Waals surface area contributed by atoms with Crippen LogP contribution in [0.2, 0.25) is 0 Å². The van der Waals surface area contributed by atoms with Gasteiger partial charge in [-0.05, 0) is 24.6 Å². The van der Waals surface area contributed by atoms with Crippen LogP contribution in [0.15, 0.2) is 47.6 Å². The molecule has 0 saturated carbocycles. The highest BCUT2D eigenvalue weighted by Gasteiger charge is 2.13. The second kappa shape index (κ2) is 9.47. The summed E-state index contributed by atoms with van der Waals surface area (Å²) >= 11 is 1.36. The molecule has 0 aliphatic heterocycles. The van der Waals surface area contributed by atoms with Gasteiger partial charge in [0, 0.05) is 19.2 Å². The third-order valence-corrected chi connectivity index (χ3v) is 5.43. The van der Waals surface area contributed by atoms with Crippen molar-refractivity contribution in [2.75, 3.05) is 20.0 Å². The maximum atomic E-state index is 12.2. The van der Waals surface area contributed by atoms with Crippen molar-refractivity contribution >= 4 is 17.7 Å². The molecule has 0 aliphatic rings. The van der Waals surface area contributed by atoms with Gasteiger partial charge in [-0.2, -0.15) is 0 Å². The predicted octanol–water partition coefficient (Wildman–Crippen LogP) is 3.22. The Morgan fingerprint density at radius 3 is 2.48 bits per heavy atom. The number of aromatic nitrogens is 3. The number of rotatable bonds is 8. The summed E-state index contributed by atoms with van der Waals surface area (Å²) in [5.41, 5.74) is 3.12. The lowest BCUT2D eigenvalue weighted by Crippen LogP contribution is -2.24. The standard InChI is InChI=1S/C21H24N4O3S/c1-14-5-8-16(9-6-14)20-23-24-21(25(20)2)29-13-19(26)22-12-15-7-10-17(27-3)18(11-15)28-4/h5-11H,12-13H2,1-4H3,(H,22,26). The lowest BCUT2D eigenvalue weighted by molar-refractivity contribution is -0.118. The summed E-state index contributed by atoms with van der Waals surface area (Å²) in [5, 5.41) is 12.1. The van der Waals surface area contributed by atoms with Gasteiger partial charge in [0.2, 0.25) is 5.91 Å². The Labute approximate surface area is 174 Å². The van der Waals surface area contributed by atoms with E-state index < -0.39 is 0 Å². The van der Waals surface area contributed by atoms with Crippen LogP contribution >= 0.6 is 11.8 Å². The van der Waals surface area contributed by atoms with Gasteiger partial charge >= 0.3 is 0 Å². The second-order valence-corrected chi connectivity index (χ2v) is 7.43. The number of amides is 1. The van der Waals surface area contributed by atoms with E-state index >= 15 is 0 Å². The normalized spacial score (nSPS) is 10.6. The topological polar surface area (TPSA) is 78.3 Å². The maximum absolute atomic E-state index is 12.2. The summed E-state index contributed by atoms with van der Waals surface area (Å²) in [4.78, 5) is 12.2. The number of aryl methyl sites for hydroxylation is 1. The van der Waals surface area contributed by atoms with Crippen molar-refractivity contribution in [2.24, 2.45) is 7.05 Å². The molecule has 0 atom stereocenters. The summed E-state index contributed by atoms with van der Waals surface area (Å²) in [5.74, 6) is 2.25. The number of benzene rings is 2. The number of ether oxygens (including phenoxy) is 2. The molecule has 0 bridgehead atoms. The van der Waals surface area contributed by atoms with E-state index in [4.69, 9.17) is 9.47 Å². The fraction of sp³-hybridized carbons (Fsp3) is 0.286. The third kappa shape index (κ3) is 5.08. The first-order valence-electron chi connectivity index (χ1n) is 9.08.